The Bertz CT molecular complexity index is 733. The largest absolute Gasteiger partial charge is 0.378 e. The van der Waals surface area contributed by atoms with Crippen molar-refractivity contribution in [2.45, 2.75) is 30.3 Å². The lowest BCUT2D eigenvalue weighted by Crippen LogP contribution is -2.47. The van der Waals surface area contributed by atoms with Gasteiger partial charge in [0.2, 0.25) is 10.0 Å². The molecular formula is C18H26N2O4S. The minimum Gasteiger partial charge on any atom is -0.378 e. The van der Waals surface area contributed by atoms with E-state index in [9.17, 15) is 8.42 Å². The molecule has 0 bridgehead atoms. The van der Waals surface area contributed by atoms with E-state index in [1.807, 2.05) is 19.2 Å². The van der Waals surface area contributed by atoms with Crippen LogP contribution in [0, 0.1) is 5.92 Å². The molecule has 0 N–H and O–H groups in total. The monoisotopic (exact) mass is 366 g/mol. The molecule has 25 heavy (non-hydrogen) atoms. The number of sulfonamides is 1. The van der Waals surface area contributed by atoms with Crippen LogP contribution in [-0.2, 0) is 25.9 Å². The van der Waals surface area contributed by atoms with Crippen LogP contribution in [-0.4, -0.2) is 65.3 Å². The zero-order valence-electron chi connectivity index (χ0n) is 14.7. The molecule has 3 aliphatic rings. The van der Waals surface area contributed by atoms with Gasteiger partial charge in [0.05, 0.1) is 24.2 Å². The number of hydrogen-bond acceptors (Lipinski definition) is 5. The second-order valence-electron chi connectivity index (χ2n) is 7.30. The first kappa shape index (κ1) is 17.3. The van der Waals surface area contributed by atoms with Gasteiger partial charge in [-0.2, -0.15) is 4.31 Å². The fourth-order valence-electron chi connectivity index (χ4n) is 3.49. The van der Waals surface area contributed by atoms with E-state index >= 15 is 0 Å². The van der Waals surface area contributed by atoms with E-state index < -0.39 is 10.0 Å². The van der Waals surface area contributed by atoms with Crippen LogP contribution in [0.4, 0.5) is 5.69 Å². The summed E-state index contributed by atoms with van der Waals surface area (Å²) in [7, 11) is -1.49. The maximum Gasteiger partial charge on any atom is 0.243 e. The smallest absolute Gasteiger partial charge is 0.243 e. The number of fused-ring (bicyclic) bond motifs is 1. The number of hydrogen-bond donors (Lipinski definition) is 0. The van der Waals surface area contributed by atoms with Gasteiger partial charge in [-0.25, -0.2) is 8.42 Å². The second-order valence-corrected chi connectivity index (χ2v) is 9.24. The minimum absolute atomic E-state index is 0.181. The van der Waals surface area contributed by atoms with Gasteiger partial charge in [-0.3, -0.25) is 0 Å². The molecule has 0 amide bonds. The van der Waals surface area contributed by atoms with Crippen molar-refractivity contribution in [1.29, 1.82) is 0 Å². The molecule has 6 nitrogen and oxygen atoms in total. The molecule has 2 fully saturated rings. The fourth-order valence-corrected chi connectivity index (χ4v) is 4.97. The Labute approximate surface area is 149 Å². The van der Waals surface area contributed by atoms with Gasteiger partial charge in [0, 0.05) is 39.0 Å². The standard InChI is InChI=1S/C18H26N2O4S/c1-19-7-6-15-4-5-17(10-18(15)19)25(21,22)20-8-9-24-16(11-20)13-23-12-14-2-3-14/h4-5,10,14,16H,2-3,6-9,11-13H2,1H3. The third kappa shape index (κ3) is 3.69. The van der Waals surface area contributed by atoms with Crippen LogP contribution in [0.1, 0.15) is 18.4 Å². The van der Waals surface area contributed by atoms with Crippen LogP contribution >= 0.6 is 0 Å². The summed E-state index contributed by atoms with van der Waals surface area (Å²) in [4.78, 5) is 2.49. The molecule has 2 aliphatic heterocycles. The van der Waals surface area contributed by atoms with Crippen LogP contribution < -0.4 is 4.90 Å². The summed E-state index contributed by atoms with van der Waals surface area (Å²) in [5.41, 5.74) is 2.24. The highest BCUT2D eigenvalue weighted by Gasteiger charge is 2.32. The Balaban J connectivity index is 1.44. The Morgan fingerprint density at radius 2 is 2.08 bits per heavy atom. The zero-order valence-corrected chi connectivity index (χ0v) is 15.5. The molecule has 4 rings (SSSR count). The molecule has 1 atom stereocenters. The SMILES string of the molecule is CN1CCc2ccc(S(=O)(=O)N3CCOC(COCC4CC4)C3)cc21. The molecule has 7 heteroatoms. The second kappa shape index (κ2) is 6.87. The molecule has 1 unspecified atom stereocenters. The first-order chi connectivity index (χ1) is 12.0. The van der Waals surface area contributed by atoms with Gasteiger partial charge >= 0.3 is 0 Å². The Kier molecular flexibility index (Phi) is 4.75. The van der Waals surface area contributed by atoms with Crippen molar-refractivity contribution in [2.24, 2.45) is 5.92 Å². The number of ether oxygens (including phenoxy) is 2. The Morgan fingerprint density at radius 3 is 2.88 bits per heavy atom. The van der Waals surface area contributed by atoms with Crippen molar-refractivity contribution in [2.75, 3.05) is 51.4 Å². The van der Waals surface area contributed by atoms with Crippen molar-refractivity contribution in [3.05, 3.63) is 23.8 Å². The minimum atomic E-state index is -3.50. The molecule has 1 aromatic rings. The average molecular weight is 366 g/mol. The third-order valence-electron chi connectivity index (χ3n) is 5.28. The maximum absolute atomic E-state index is 13.0. The van der Waals surface area contributed by atoms with Crippen molar-refractivity contribution >= 4 is 15.7 Å². The van der Waals surface area contributed by atoms with Gasteiger partial charge < -0.3 is 14.4 Å². The maximum atomic E-state index is 13.0. The average Bonchev–Trinajstić information content (AvgIpc) is 3.37. The lowest BCUT2D eigenvalue weighted by Gasteiger charge is -2.32. The molecule has 1 saturated carbocycles. The van der Waals surface area contributed by atoms with E-state index in [2.05, 4.69) is 4.90 Å². The molecule has 0 spiro atoms. The molecular weight excluding hydrogens is 340 g/mol. The summed E-state index contributed by atoms with van der Waals surface area (Å²) < 4.78 is 39.0. The van der Waals surface area contributed by atoms with Crippen LogP contribution in [0.3, 0.4) is 0 Å². The summed E-state index contributed by atoms with van der Waals surface area (Å²) in [6.07, 6.45) is 3.29. The Hall–Kier alpha value is -1.15. The van der Waals surface area contributed by atoms with Gasteiger partial charge in [-0.05, 0) is 42.9 Å². The van der Waals surface area contributed by atoms with Gasteiger partial charge in [-0.1, -0.05) is 6.07 Å². The highest BCUT2D eigenvalue weighted by molar-refractivity contribution is 7.89. The number of morpholine rings is 1. The summed E-state index contributed by atoms with van der Waals surface area (Å²) >= 11 is 0. The van der Waals surface area contributed by atoms with Crippen LogP contribution in [0.5, 0.6) is 0 Å². The van der Waals surface area contributed by atoms with Crippen LogP contribution in [0.2, 0.25) is 0 Å². The lowest BCUT2D eigenvalue weighted by molar-refractivity contribution is -0.0524. The topological polar surface area (TPSA) is 59.1 Å². The van der Waals surface area contributed by atoms with Crippen molar-refractivity contribution in [1.82, 2.24) is 4.31 Å². The van der Waals surface area contributed by atoms with Crippen molar-refractivity contribution in [3.8, 4) is 0 Å². The van der Waals surface area contributed by atoms with Crippen molar-refractivity contribution in [3.63, 3.8) is 0 Å². The van der Waals surface area contributed by atoms with E-state index in [-0.39, 0.29) is 6.10 Å². The molecule has 0 radical (unpaired) electrons. The molecule has 1 aliphatic carbocycles. The first-order valence-corrected chi connectivity index (χ1v) is 10.5. The summed E-state index contributed by atoms with van der Waals surface area (Å²) in [5.74, 6) is 0.701. The fraction of sp³-hybridized carbons (Fsp3) is 0.667. The third-order valence-corrected chi connectivity index (χ3v) is 7.14. The highest BCUT2D eigenvalue weighted by Crippen LogP contribution is 2.31. The van der Waals surface area contributed by atoms with Crippen molar-refractivity contribution < 1.29 is 17.9 Å². The molecule has 0 aromatic heterocycles. The number of anilines is 1. The van der Waals surface area contributed by atoms with Gasteiger partial charge in [0.1, 0.15) is 0 Å². The van der Waals surface area contributed by atoms with Gasteiger partial charge in [-0.15, -0.1) is 0 Å². The lowest BCUT2D eigenvalue weighted by atomic mass is 10.2. The van der Waals surface area contributed by atoms with E-state index in [1.54, 1.807) is 10.4 Å². The summed E-state index contributed by atoms with van der Waals surface area (Å²) in [5, 5.41) is 0. The number of likely N-dealkylation sites (N-methyl/N-ethyl adjacent to an activating group) is 1. The van der Waals surface area contributed by atoms with Gasteiger partial charge in [0.25, 0.3) is 0 Å². The molecule has 1 saturated heterocycles. The number of nitrogens with zero attached hydrogens (tertiary/aromatic N) is 2. The quantitative estimate of drug-likeness (QED) is 0.764. The first-order valence-electron chi connectivity index (χ1n) is 9.07. The van der Waals surface area contributed by atoms with E-state index in [4.69, 9.17) is 9.47 Å². The van der Waals surface area contributed by atoms with Gasteiger partial charge in [0.15, 0.2) is 0 Å². The Morgan fingerprint density at radius 1 is 1.24 bits per heavy atom. The summed E-state index contributed by atoms with van der Waals surface area (Å²) in [6.45, 7) is 3.35. The van der Waals surface area contributed by atoms with Crippen LogP contribution in [0.15, 0.2) is 23.1 Å². The van der Waals surface area contributed by atoms with E-state index in [1.165, 1.54) is 18.4 Å². The summed E-state index contributed by atoms with van der Waals surface area (Å²) in [6, 6.07) is 5.50. The predicted octanol–water partition coefficient (Wildman–Crippen LogP) is 1.50. The van der Waals surface area contributed by atoms with E-state index in [0.29, 0.717) is 37.1 Å². The highest BCUT2D eigenvalue weighted by atomic mass is 32.2. The van der Waals surface area contributed by atoms with Crippen LogP contribution in [0.25, 0.3) is 0 Å². The zero-order chi connectivity index (χ0) is 17.4. The molecule has 2 heterocycles. The van der Waals surface area contributed by atoms with E-state index in [0.717, 1.165) is 25.3 Å². The normalized spacial score (nSPS) is 24.5. The predicted molar refractivity (Wildman–Crippen MR) is 95.5 cm³/mol. The number of rotatable bonds is 6. The molecule has 138 valence electrons. The molecule has 1 aromatic carbocycles. The number of benzene rings is 1.